The third-order valence-electron chi connectivity index (χ3n) is 3.72. The van der Waals surface area contributed by atoms with Crippen LogP contribution in [0.4, 0.5) is 0 Å². The molecule has 4 heteroatoms. The maximum atomic E-state index is 11.2. The number of hydrogen-bond acceptors (Lipinski definition) is 3. The Kier molecular flexibility index (Phi) is 4.93. The zero-order chi connectivity index (χ0) is 13.7. The van der Waals surface area contributed by atoms with Crippen molar-refractivity contribution in [2.24, 2.45) is 0 Å². The number of carboxylic acids is 1. The van der Waals surface area contributed by atoms with Crippen molar-refractivity contribution in [1.29, 1.82) is 0 Å². The molecule has 19 heavy (non-hydrogen) atoms. The molecule has 1 aromatic rings. The molecule has 1 saturated heterocycles. The van der Waals surface area contributed by atoms with E-state index in [1.807, 2.05) is 23.1 Å². The van der Waals surface area contributed by atoms with Crippen LogP contribution in [0.2, 0.25) is 0 Å². The summed E-state index contributed by atoms with van der Waals surface area (Å²) in [7, 11) is 0. The Morgan fingerprint density at radius 1 is 1.32 bits per heavy atom. The highest BCUT2D eigenvalue weighted by Crippen LogP contribution is 2.18. The molecule has 0 aromatic heterocycles. The second-order valence-electron chi connectivity index (χ2n) is 5.16. The number of carboxylic acid groups (broad SMARTS) is 1. The first kappa shape index (κ1) is 14.0. The lowest BCUT2D eigenvalue weighted by Gasteiger charge is -2.35. The van der Waals surface area contributed by atoms with Gasteiger partial charge in [0.05, 0.1) is 6.10 Å². The predicted octanol–water partition coefficient (Wildman–Crippen LogP) is 1.53. The minimum Gasteiger partial charge on any atom is -0.480 e. The zero-order valence-corrected chi connectivity index (χ0v) is 11.0. The fourth-order valence-corrected chi connectivity index (χ4v) is 2.65. The van der Waals surface area contributed by atoms with Crippen molar-refractivity contribution < 1.29 is 15.0 Å². The summed E-state index contributed by atoms with van der Waals surface area (Å²) in [6.07, 6.45) is 2.47. The topological polar surface area (TPSA) is 60.8 Å². The van der Waals surface area contributed by atoms with E-state index >= 15 is 0 Å². The number of piperidine rings is 1. The maximum absolute atomic E-state index is 11.2. The van der Waals surface area contributed by atoms with Gasteiger partial charge in [-0.05, 0) is 37.8 Å². The fraction of sp³-hybridized carbons (Fsp3) is 0.533. The summed E-state index contributed by atoms with van der Waals surface area (Å²) >= 11 is 0. The van der Waals surface area contributed by atoms with Gasteiger partial charge in [0.15, 0.2) is 0 Å². The largest absolute Gasteiger partial charge is 0.480 e. The molecule has 0 bridgehead atoms. The van der Waals surface area contributed by atoms with Gasteiger partial charge in [-0.1, -0.05) is 30.3 Å². The van der Waals surface area contributed by atoms with Gasteiger partial charge in [-0.15, -0.1) is 0 Å². The van der Waals surface area contributed by atoms with Gasteiger partial charge >= 0.3 is 5.97 Å². The van der Waals surface area contributed by atoms with Crippen LogP contribution in [0.5, 0.6) is 0 Å². The van der Waals surface area contributed by atoms with Gasteiger partial charge in [0.2, 0.25) is 0 Å². The molecule has 0 radical (unpaired) electrons. The molecular weight excluding hydrogens is 242 g/mol. The lowest BCUT2D eigenvalue weighted by atomic mass is 9.99. The van der Waals surface area contributed by atoms with E-state index in [1.165, 1.54) is 5.56 Å². The van der Waals surface area contributed by atoms with E-state index < -0.39 is 18.1 Å². The number of benzene rings is 1. The van der Waals surface area contributed by atoms with Gasteiger partial charge in [0, 0.05) is 6.54 Å². The second kappa shape index (κ2) is 6.68. The van der Waals surface area contributed by atoms with Crippen LogP contribution in [-0.4, -0.2) is 46.3 Å². The summed E-state index contributed by atoms with van der Waals surface area (Å²) in [5, 5.41) is 18.7. The molecule has 1 aliphatic rings. The minimum atomic E-state index is -0.821. The smallest absolute Gasteiger partial charge is 0.321 e. The van der Waals surface area contributed by atoms with E-state index in [4.69, 9.17) is 0 Å². The number of hydrogen-bond donors (Lipinski definition) is 2. The van der Waals surface area contributed by atoms with Crippen LogP contribution < -0.4 is 0 Å². The van der Waals surface area contributed by atoms with Crippen molar-refractivity contribution in [3.63, 3.8) is 0 Å². The highest BCUT2D eigenvalue weighted by Gasteiger charge is 2.31. The van der Waals surface area contributed by atoms with E-state index in [2.05, 4.69) is 12.1 Å². The first-order chi connectivity index (χ1) is 9.16. The number of rotatable bonds is 5. The maximum Gasteiger partial charge on any atom is 0.321 e. The minimum absolute atomic E-state index is 0.348. The molecule has 0 amide bonds. The number of likely N-dealkylation sites (tertiary alicyclic amines) is 1. The van der Waals surface area contributed by atoms with E-state index in [0.29, 0.717) is 19.4 Å². The Morgan fingerprint density at radius 2 is 2.05 bits per heavy atom. The van der Waals surface area contributed by atoms with Gasteiger partial charge in [-0.3, -0.25) is 9.69 Å². The molecule has 2 N–H and O–H groups in total. The average Bonchev–Trinajstić information content (AvgIpc) is 2.41. The van der Waals surface area contributed by atoms with Crippen LogP contribution in [0.3, 0.4) is 0 Å². The standard InChI is InChI=1S/C15H21NO3/c17-13-8-10-16(14(11-13)15(18)19)9-4-7-12-5-2-1-3-6-12/h1-3,5-6,13-14,17H,4,7-11H2,(H,18,19)/t13-,14+/m1/s1. The van der Waals surface area contributed by atoms with Crippen molar-refractivity contribution in [3.8, 4) is 0 Å². The Hall–Kier alpha value is -1.39. The van der Waals surface area contributed by atoms with E-state index in [1.54, 1.807) is 0 Å². The Balaban J connectivity index is 1.82. The third-order valence-corrected chi connectivity index (χ3v) is 3.72. The Bertz CT molecular complexity index is 407. The highest BCUT2D eigenvalue weighted by molar-refractivity contribution is 5.73. The van der Waals surface area contributed by atoms with E-state index in [0.717, 1.165) is 19.4 Å². The molecule has 1 fully saturated rings. The fourth-order valence-electron chi connectivity index (χ4n) is 2.65. The van der Waals surface area contributed by atoms with Gasteiger partial charge in [0.1, 0.15) is 6.04 Å². The first-order valence-electron chi connectivity index (χ1n) is 6.85. The van der Waals surface area contributed by atoms with Crippen LogP contribution in [-0.2, 0) is 11.2 Å². The van der Waals surface area contributed by atoms with Crippen LogP contribution >= 0.6 is 0 Å². The van der Waals surface area contributed by atoms with Crippen LogP contribution in [0.25, 0.3) is 0 Å². The third kappa shape index (κ3) is 4.04. The number of aliphatic carboxylic acids is 1. The molecule has 1 aromatic carbocycles. The van der Waals surface area contributed by atoms with Crippen molar-refractivity contribution in [2.45, 2.75) is 37.8 Å². The van der Waals surface area contributed by atoms with Gasteiger partial charge in [0.25, 0.3) is 0 Å². The highest BCUT2D eigenvalue weighted by atomic mass is 16.4. The molecule has 2 rings (SSSR count). The van der Waals surface area contributed by atoms with Gasteiger partial charge in [-0.25, -0.2) is 0 Å². The average molecular weight is 263 g/mol. The summed E-state index contributed by atoms with van der Waals surface area (Å²) in [6, 6.07) is 9.69. The van der Waals surface area contributed by atoms with Crippen molar-refractivity contribution in [1.82, 2.24) is 4.90 Å². The number of aliphatic hydroxyl groups excluding tert-OH is 1. The Labute approximate surface area is 113 Å². The number of aliphatic hydroxyl groups is 1. The number of nitrogens with zero attached hydrogens (tertiary/aromatic N) is 1. The summed E-state index contributed by atoms with van der Waals surface area (Å²) in [5.41, 5.74) is 1.28. The molecule has 1 aliphatic heterocycles. The van der Waals surface area contributed by atoms with Crippen molar-refractivity contribution in [3.05, 3.63) is 35.9 Å². The lowest BCUT2D eigenvalue weighted by molar-refractivity contribution is -0.146. The first-order valence-corrected chi connectivity index (χ1v) is 6.85. The number of carbonyl (C=O) groups is 1. The van der Waals surface area contributed by atoms with E-state index in [9.17, 15) is 15.0 Å². The van der Waals surface area contributed by atoms with Crippen molar-refractivity contribution >= 4 is 5.97 Å². The van der Waals surface area contributed by atoms with Gasteiger partial charge < -0.3 is 10.2 Å². The molecule has 0 aliphatic carbocycles. The lowest BCUT2D eigenvalue weighted by Crippen LogP contribution is -2.48. The van der Waals surface area contributed by atoms with Crippen LogP contribution in [0.1, 0.15) is 24.8 Å². The van der Waals surface area contributed by atoms with Crippen molar-refractivity contribution in [2.75, 3.05) is 13.1 Å². The molecule has 104 valence electrons. The number of aryl methyl sites for hydroxylation is 1. The predicted molar refractivity (Wildman–Crippen MR) is 73.0 cm³/mol. The zero-order valence-electron chi connectivity index (χ0n) is 11.0. The molecule has 2 atom stereocenters. The molecular formula is C15H21NO3. The SMILES string of the molecule is O=C(O)[C@@H]1C[C@H](O)CCN1CCCc1ccccc1. The van der Waals surface area contributed by atoms with Crippen LogP contribution in [0, 0.1) is 0 Å². The summed E-state index contributed by atoms with van der Waals surface area (Å²) in [5.74, 6) is -0.821. The summed E-state index contributed by atoms with van der Waals surface area (Å²) < 4.78 is 0. The monoisotopic (exact) mass is 263 g/mol. The molecule has 0 spiro atoms. The molecule has 1 heterocycles. The van der Waals surface area contributed by atoms with E-state index in [-0.39, 0.29) is 0 Å². The quantitative estimate of drug-likeness (QED) is 0.845. The second-order valence-corrected chi connectivity index (χ2v) is 5.16. The summed E-state index contributed by atoms with van der Waals surface area (Å²) in [6.45, 7) is 1.45. The summed E-state index contributed by atoms with van der Waals surface area (Å²) in [4.78, 5) is 13.2. The normalized spacial score (nSPS) is 24.3. The van der Waals surface area contributed by atoms with Gasteiger partial charge in [-0.2, -0.15) is 0 Å². The molecule has 0 unspecified atom stereocenters. The Morgan fingerprint density at radius 3 is 2.74 bits per heavy atom. The molecule has 0 saturated carbocycles. The van der Waals surface area contributed by atoms with Crippen LogP contribution in [0.15, 0.2) is 30.3 Å². The molecule has 4 nitrogen and oxygen atoms in total.